The molecule has 0 saturated carbocycles. The van der Waals surface area contributed by atoms with Crippen LogP contribution in [0.5, 0.6) is 5.75 Å². The predicted octanol–water partition coefficient (Wildman–Crippen LogP) is 2.23. The first kappa shape index (κ1) is 19.3. The van der Waals surface area contributed by atoms with Crippen LogP contribution in [0.3, 0.4) is 0 Å². The van der Waals surface area contributed by atoms with Gasteiger partial charge in [0.25, 0.3) is 0 Å². The highest BCUT2D eigenvalue weighted by Crippen LogP contribution is 2.27. The first-order chi connectivity index (χ1) is 11.4. The lowest BCUT2D eigenvalue weighted by molar-refractivity contribution is -0.119. The third kappa shape index (κ3) is 4.37. The van der Waals surface area contributed by atoms with Crippen LogP contribution < -0.4 is 10.2 Å². The third-order valence-corrected chi connectivity index (χ3v) is 3.30. The van der Waals surface area contributed by atoms with Crippen molar-refractivity contribution in [3.05, 3.63) is 29.8 Å². The molecule has 0 heterocycles. The number of aldehydes is 1. The number of nitrogens with one attached hydrogen (secondary N) is 1. The van der Waals surface area contributed by atoms with Crippen LogP contribution >= 0.6 is 0 Å². The number of hydrogen-bond donors (Lipinski definition) is 1. The van der Waals surface area contributed by atoms with Crippen molar-refractivity contribution in [2.45, 2.75) is 26.3 Å². The van der Waals surface area contributed by atoms with E-state index in [9.17, 15) is 14.4 Å². The van der Waals surface area contributed by atoms with Crippen LogP contribution in [-0.4, -0.2) is 43.8 Å². The highest BCUT2D eigenvalue weighted by molar-refractivity contribution is 5.80. The van der Waals surface area contributed by atoms with Crippen LogP contribution in [0.25, 0.3) is 0 Å². The second-order valence-corrected chi connectivity index (χ2v) is 4.86. The molecule has 0 aliphatic carbocycles. The van der Waals surface area contributed by atoms with E-state index in [1.54, 1.807) is 38.1 Å². The van der Waals surface area contributed by atoms with Crippen LogP contribution in [0.4, 0.5) is 9.59 Å². The SMILES string of the molecule is CCOC(=O)NN(C(=O)OCC)[C@](C)(C=O)c1ccc(OC)cc1. The van der Waals surface area contributed by atoms with Crippen molar-refractivity contribution in [2.75, 3.05) is 20.3 Å². The summed E-state index contributed by atoms with van der Waals surface area (Å²) in [7, 11) is 1.52. The normalized spacial score (nSPS) is 12.5. The van der Waals surface area contributed by atoms with Crippen molar-refractivity contribution in [1.82, 2.24) is 10.4 Å². The van der Waals surface area contributed by atoms with Crippen molar-refractivity contribution < 1.29 is 28.6 Å². The predicted molar refractivity (Wildman–Crippen MR) is 85.4 cm³/mol. The molecule has 1 rings (SSSR count). The smallest absolute Gasteiger partial charge is 0.430 e. The van der Waals surface area contributed by atoms with Crippen LogP contribution in [-0.2, 0) is 19.8 Å². The standard InChI is InChI=1S/C16H22N2O6/c1-5-23-14(20)17-18(15(21)24-6-2)16(3,11-19)12-7-9-13(22-4)10-8-12/h7-11H,5-6H2,1-4H3,(H,17,20)/t16-/m1/s1. The molecule has 24 heavy (non-hydrogen) atoms. The minimum atomic E-state index is -1.49. The van der Waals surface area contributed by atoms with Gasteiger partial charge in [0.2, 0.25) is 0 Å². The summed E-state index contributed by atoms with van der Waals surface area (Å²) in [5.74, 6) is 0.591. The maximum absolute atomic E-state index is 12.2. The van der Waals surface area contributed by atoms with Crippen LogP contribution in [0, 0.1) is 0 Å². The molecule has 1 aromatic carbocycles. The van der Waals surface area contributed by atoms with Gasteiger partial charge in [-0.25, -0.2) is 15.0 Å². The second-order valence-electron chi connectivity index (χ2n) is 4.86. The number of ether oxygens (including phenoxy) is 3. The monoisotopic (exact) mass is 338 g/mol. The van der Waals surface area contributed by atoms with Gasteiger partial charge in [0.15, 0.2) is 6.29 Å². The third-order valence-electron chi connectivity index (χ3n) is 3.30. The minimum absolute atomic E-state index is 0.0807. The van der Waals surface area contributed by atoms with Gasteiger partial charge in [0.1, 0.15) is 11.3 Å². The van der Waals surface area contributed by atoms with E-state index < -0.39 is 17.7 Å². The number of methoxy groups -OCH3 is 1. The number of amides is 2. The van der Waals surface area contributed by atoms with Gasteiger partial charge in [-0.15, -0.1) is 0 Å². The molecule has 0 unspecified atom stereocenters. The molecule has 132 valence electrons. The van der Waals surface area contributed by atoms with Crippen LogP contribution in [0.15, 0.2) is 24.3 Å². The summed E-state index contributed by atoms with van der Waals surface area (Å²) in [6.07, 6.45) is -1.21. The molecule has 8 nitrogen and oxygen atoms in total. The van der Waals surface area contributed by atoms with Gasteiger partial charge in [0.05, 0.1) is 20.3 Å². The van der Waals surface area contributed by atoms with E-state index in [0.717, 1.165) is 5.01 Å². The molecule has 1 aromatic rings. The van der Waals surface area contributed by atoms with Gasteiger partial charge in [-0.05, 0) is 38.5 Å². The zero-order valence-corrected chi connectivity index (χ0v) is 14.2. The quantitative estimate of drug-likeness (QED) is 0.631. The Morgan fingerprint density at radius 1 is 1.17 bits per heavy atom. The fourth-order valence-electron chi connectivity index (χ4n) is 1.97. The molecule has 0 saturated heterocycles. The molecule has 1 atom stereocenters. The summed E-state index contributed by atoms with van der Waals surface area (Å²) in [6, 6.07) is 6.52. The molecule has 0 aliphatic rings. The Morgan fingerprint density at radius 2 is 1.75 bits per heavy atom. The zero-order chi connectivity index (χ0) is 18.2. The summed E-state index contributed by atoms with van der Waals surface area (Å²) in [6.45, 7) is 4.91. The lowest BCUT2D eigenvalue weighted by Gasteiger charge is -2.35. The van der Waals surface area contributed by atoms with E-state index in [4.69, 9.17) is 14.2 Å². The summed E-state index contributed by atoms with van der Waals surface area (Å²) in [5, 5.41) is 0.809. The molecule has 0 aliphatic heterocycles. The summed E-state index contributed by atoms with van der Waals surface area (Å²) >= 11 is 0. The number of hydrazine groups is 1. The first-order valence-corrected chi connectivity index (χ1v) is 7.44. The summed E-state index contributed by atoms with van der Waals surface area (Å²) < 4.78 is 14.8. The number of carbonyl (C=O) groups is 3. The van der Waals surface area contributed by atoms with Gasteiger partial charge in [-0.3, -0.25) is 0 Å². The Morgan fingerprint density at radius 3 is 2.21 bits per heavy atom. The second kappa shape index (κ2) is 8.76. The van der Waals surface area contributed by atoms with E-state index in [2.05, 4.69) is 5.43 Å². The number of hydrogen-bond acceptors (Lipinski definition) is 6. The van der Waals surface area contributed by atoms with E-state index in [-0.39, 0.29) is 13.2 Å². The Balaban J connectivity index is 3.23. The molecule has 0 fully saturated rings. The Bertz CT molecular complexity index is 574. The van der Waals surface area contributed by atoms with Gasteiger partial charge in [-0.2, -0.15) is 5.01 Å². The Labute approximate surface area is 140 Å². The Hall–Kier alpha value is -2.77. The van der Waals surface area contributed by atoms with E-state index in [1.807, 2.05) is 0 Å². The maximum Gasteiger partial charge on any atom is 0.430 e. The van der Waals surface area contributed by atoms with Crippen molar-refractivity contribution in [1.29, 1.82) is 0 Å². The highest BCUT2D eigenvalue weighted by Gasteiger charge is 2.40. The average Bonchev–Trinajstić information content (AvgIpc) is 2.59. The fraction of sp³-hybridized carbons (Fsp3) is 0.438. The van der Waals surface area contributed by atoms with Crippen molar-refractivity contribution >= 4 is 18.5 Å². The van der Waals surface area contributed by atoms with Gasteiger partial charge < -0.3 is 19.0 Å². The molecule has 0 spiro atoms. The number of nitrogens with zero attached hydrogens (tertiary/aromatic N) is 1. The van der Waals surface area contributed by atoms with E-state index in [1.165, 1.54) is 14.0 Å². The number of benzene rings is 1. The molecule has 8 heteroatoms. The number of carbonyl (C=O) groups excluding carboxylic acids is 3. The highest BCUT2D eigenvalue weighted by atomic mass is 16.6. The topological polar surface area (TPSA) is 94.2 Å². The maximum atomic E-state index is 12.2. The first-order valence-electron chi connectivity index (χ1n) is 7.44. The average molecular weight is 338 g/mol. The zero-order valence-electron chi connectivity index (χ0n) is 14.2. The molecule has 2 amide bonds. The Kier molecular flexibility index (Phi) is 7.03. The molecule has 1 N–H and O–H groups in total. The molecule has 0 bridgehead atoms. The van der Waals surface area contributed by atoms with Crippen molar-refractivity contribution in [3.63, 3.8) is 0 Å². The summed E-state index contributed by atoms with van der Waals surface area (Å²) in [5.41, 5.74) is 1.22. The van der Waals surface area contributed by atoms with Crippen LogP contribution in [0.1, 0.15) is 26.3 Å². The largest absolute Gasteiger partial charge is 0.497 e. The lowest BCUT2D eigenvalue weighted by Crippen LogP contribution is -2.58. The molecule has 0 radical (unpaired) electrons. The van der Waals surface area contributed by atoms with Crippen LogP contribution in [0.2, 0.25) is 0 Å². The van der Waals surface area contributed by atoms with Gasteiger partial charge >= 0.3 is 12.2 Å². The van der Waals surface area contributed by atoms with Gasteiger partial charge in [0, 0.05) is 0 Å². The molecule has 0 aromatic heterocycles. The molecular weight excluding hydrogens is 316 g/mol. The minimum Gasteiger partial charge on any atom is -0.497 e. The summed E-state index contributed by atoms with van der Waals surface area (Å²) in [4.78, 5) is 35.8. The lowest BCUT2D eigenvalue weighted by atomic mass is 9.93. The number of rotatable bonds is 6. The van der Waals surface area contributed by atoms with Gasteiger partial charge in [-0.1, -0.05) is 12.1 Å². The molecular formula is C16H22N2O6. The fourth-order valence-corrected chi connectivity index (χ4v) is 1.97. The van der Waals surface area contributed by atoms with E-state index in [0.29, 0.717) is 17.6 Å². The van der Waals surface area contributed by atoms with Crippen molar-refractivity contribution in [2.24, 2.45) is 0 Å². The van der Waals surface area contributed by atoms with E-state index >= 15 is 0 Å². The van der Waals surface area contributed by atoms with Crippen molar-refractivity contribution in [3.8, 4) is 5.75 Å².